The van der Waals surface area contributed by atoms with Gasteiger partial charge in [0.05, 0.1) is 43.0 Å². The van der Waals surface area contributed by atoms with Crippen molar-refractivity contribution in [1.82, 2.24) is 0 Å². The number of aliphatic hydroxyl groups is 12. The van der Waals surface area contributed by atoms with E-state index in [-0.39, 0.29) is 42.1 Å². The third-order valence-electron chi connectivity index (χ3n) is 19.4. The van der Waals surface area contributed by atoms with Crippen molar-refractivity contribution in [3.8, 4) is 0 Å². The van der Waals surface area contributed by atoms with E-state index >= 15 is 0 Å². The molecule has 0 spiro atoms. The molecule has 4 saturated carbocycles. The van der Waals surface area contributed by atoms with Gasteiger partial charge in [-0.05, 0) is 91.8 Å². The van der Waals surface area contributed by atoms with E-state index in [9.17, 15) is 66.1 Å². The molecule has 3 saturated heterocycles. The minimum atomic E-state index is -1.82. The summed E-state index contributed by atoms with van der Waals surface area (Å²) in [4.78, 5) is 14.8. The summed E-state index contributed by atoms with van der Waals surface area (Å²) in [7, 11) is 0. The summed E-state index contributed by atoms with van der Waals surface area (Å²) >= 11 is 0. The van der Waals surface area contributed by atoms with Crippen LogP contribution in [0.5, 0.6) is 0 Å². The van der Waals surface area contributed by atoms with Crippen LogP contribution in [0.15, 0.2) is 11.6 Å². The summed E-state index contributed by atoms with van der Waals surface area (Å²) < 4.78 is 35.3. The standard InChI is InChI=1S/C47H76O19/c1-20-22(50)16-47(41(59)66-40-34(57)32(55)30(53)25(18-49)63-40)15-14-44(5)21(37(47)46(20,7)60)8-9-27-43(4)12-11-28(42(2,3)26(43)10-13-45(27,44)6)64-38-35(58)36(23(51)19-61-38)65-39-33(56)31(54)29(52)24(17-48)62-39/h8,20,22-40,48-58,60H,9-19H2,1-7H3/t20-,22-,23+,24-,25-,26+,27+,28+,29-,30-,31+,32+,33-,34-,35-,36+,37+,38+,39+,40+,43+,44-,45-,46-,47-/m1/s1. The van der Waals surface area contributed by atoms with Gasteiger partial charge >= 0.3 is 5.97 Å². The monoisotopic (exact) mass is 944 g/mol. The Hall–Kier alpha value is -1.47. The molecule has 0 radical (unpaired) electrons. The number of carbonyl (C=O) groups excluding carboxylic acids is 1. The minimum absolute atomic E-state index is 0.0207. The molecule has 7 fully saturated rings. The summed E-state index contributed by atoms with van der Waals surface area (Å²) in [5, 5.41) is 129. The number of rotatable bonds is 8. The molecule has 0 unspecified atom stereocenters. The second kappa shape index (κ2) is 17.7. The summed E-state index contributed by atoms with van der Waals surface area (Å²) in [6.45, 7) is 13.1. The molecule has 19 heteroatoms. The molecule has 0 aromatic heterocycles. The molecule has 8 aliphatic rings. The lowest BCUT2D eigenvalue weighted by Crippen LogP contribution is -2.70. The predicted octanol–water partition coefficient (Wildman–Crippen LogP) is -1.28. The van der Waals surface area contributed by atoms with Crippen molar-refractivity contribution in [2.24, 2.45) is 50.7 Å². The zero-order valence-electron chi connectivity index (χ0n) is 39.1. The normalized spacial score (nSPS) is 55.9. The van der Waals surface area contributed by atoms with Crippen molar-refractivity contribution < 1.29 is 94.5 Å². The third-order valence-corrected chi connectivity index (χ3v) is 19.4. The van der Waals surface area contributed by atoms with E-state index in [4.69, 9.17) is 28.4 Å². The number of allylic oxidation sites excluding steroid dienone is 1. The van der Waals surface area contributed by atoms with E-state index in [0.717, 1.165) is 24.8 Å². The van der Waals surface area contributed by atoms with E-state index in [1.807, 2.05) is 0 Å². The number of ether oxygens (including phenoxy) is 6. The average molecular weight is 945 g/mol. The topological polar surface area (TPSA) is 315 Å². The molecule has 0 amide bonds. The fourth-order valence-corrected chi connectivity index (χ4v) is 15.1. The number of hydrogen-bond donors (Lipinski definition) is 12. The summed E-state index contributed by atoms with van der Waals surface area (Å²) in [6, 6.07) is 0. The molecule has 12 N–H and O–H groups in total. The first-order valence-corrected chi connectivity index (χ1v) is 24.0. The van der Waals surface area contributed by atoms with Gasteiger partial charge in [0.25, 0.3) is 0 Å². The quantitative estimate of drug-likeness (QED) is 0.0766. The Labute approximate surface area is 385 Å². The highest BCUT2D eigenvalue weighted by atomic mass is 16.7. The van der Waals surface area contributed by atoms with E-state index < -0.39 is 151 Å². The van der Waals surface area contributed by atoms with Crippen molar-refractivity contribution in [2.75, 3.05) is 19.8 Å². The van der Waals surface area contributed by atoms with Crippen molar-refractivity contribution in [2.45, 2.75) is 204 Å². The van der Waals surface area contributed by atoms with Gasteiger partial charge in [-0.1, -0.05) is 53.2 Å². The van der Waals surface area contributed by atoms with Crippen LogP contribution in [0.2, 0.25) is 0 Å². The summed E-state index contributed by atoms with van der Waals surface area (Å²) in [6.07, 6.45) is -16.6. The minimum Gasteiger partial charge on any atom is -0.432 e. The van der Waals surface area contributed by atoms with Crippen LogP contribution in [0, 0.1) is 50.7 Å². The van der Waals surface area contributed by atoms with Gasteiger partial charge < -0.3 is 89.7 Å². The van der Waals surface area contributed by atoms with Crippen molar-refractivity contribution in [3.05, 3.63) is 11.6 Å². The lowest BCUT2D eigenvalue weighted by Gasteiger charge is -2.72. The number of esters is 1. The van der Waals surface area contributed by atoms with Crippen molar-refractivity contribution in [3.63, 3.8) is 0 Å². The average Bonchev–Trinajstić information content (AvgIpc) is 3.26. The molecule has 5 aliphatic carbocycles. The van der Waals surface area contributed by atoms with Gasteiger partial charge in [0.15, 0.2) is 12.6 Å². The van der Waals surface area contributed by atoms with Gasteiger partial charge in [-0.15, -0.1) is 0 Å². The second-order valence-electron chi connectivity index (χ2n) is 22.8. The highest BCUT2D eigenvalue weighted by molar-refractivity contribution is 5.79. The zero-order chi connectivity index (χ0) is 48.4. The molecule has 3 heterocycles. The van der Waals surface area contributed by atoms with Crippen molar-refractivity contribution in [1.29, 1.82) is 0 Å². The summed E-state index contributed by atoms with van der Waals surface area (Å²) in [5.41, 5.74) is -3.59. The molecule has 378 valence electrons. The van der Waals surface area contributed by atoms with Gasteiger partial charge in [0, 0.05) is 11.8 Å². The van der Waals surface area contributed by atoms with Gasteiger partial charge in [-0.25, -0.2) is 0 Å². The van der Waals surface area contributed by atoms with Crippen LogP contribution in [-0.4, -0.2) is 191 Å². The number of hydrogen-bond acceptors (Lipinski definition) is 19. The highest BCUT2D eigenvalue weighted by Gasteiger charge is 2.73. The zero-order valence-corrected chi connectivity index (χ0v) is 39.1. The molecule has 19 nitrogen and oxygen atoms in total. The van der Waals surface area contributed by atoms with Gasteiger partial charge in [0.1, 0.15) is 67.1 Å². The first-order valence-electron chi connectivity index (χ1n) is 24.0. The Balaban J connectivity index is 1.03. The van der Waals surface area contributed by atoms with Crippen LogP contribution in [0.3, 0.4) is 0 Å². The second-order valence-corrected chi connectivity index (χ2v) is 22.8. The largest absolute Gasteiger partial charge is 0.432 e. The maximum atomic E-state index is 14.8. The van der Waals surface area contributed by atoms with Crippen molar-refractivity contribution >= 4 is 5.97 Å². The molecular weight excluding hydrogens is 868 g/mol. The van der Waals surface area contributed by atoms with E-state index in [1.165, 1.54) is 0 Å². The highest BCUT2D eigenvalue weighted by Crippen LogP contribution is 2.76. The van der Waals surface area contributed by atoms with E-state index in [0.29, 0.717) is 19.3 Å². The molecule has 0 aromatic carbocycles. The lowest BCUT2D eigenvalue weighted by atomic mass is 9.33. The predicted molar refractivity (Wildman–Crippen MR) is 227 cm³/mol. The Bertz CT molecular complexity index is 1810. The maximum absolute atomic E-state index is 14.8. The first-order chi connectivity index (χ1) is 30.8. The fraction of sp³-hybridized carbons (Fsp3) is 0.936. The fourth-order valence-electron chi connectivity index (χ4n) is 15.1. The summed E-state index contributed by atoms with van der Waals surface area (Å²) in [5.74, 6) is -1.93. The molecule has 3 aliphatic heterocycles. The van der Waals surface area contributed by atoms with Crippen LogP contribution in [0.1, 0.15) is 99.8 Å². The Morgan fingerprint density at radius 3 is 1.92 bits per heavy atom. The molecule has 25 atom stereocenters. The number of fused-ring (bicyclic) bond motifs is 7. The third kappa shape index (κ3) is 7.51. The SMILES string of the molecule is C[C@@H]1[C@H](O)C[C@]2(C(=O)O[C@@H]3O[C@H](CO)[C@@H](O)[C@H](O)[C@H]3O)CC[C@]3(C)C(=CC[C@H]4[C@@]5(C)CC[C@H](O[C@@H]6OC[C@H](O)[C@H](O[C@@H]7O[C@H](CO)[C@@H](O)[C@H](O)[C@H]7O)[C@H]6O)C(C)(C)[C@@H]5CC[C@]43C)[C@H]2[C@]1(C)O. The Morgan fingerprint density at radius 2 is 1.30 bits per heavy atom. The van der Waals surface area contributed by atoms with Crippen LogP contribution < -0.4 is 0 Å². The van der Waals surface area contributed by atoms with E-state index in [2.05, 4.69) is 40.7 Å². The molecular formula is C47H76O19. The smallest absolute Gasteiger partial charge is 0.315 e. The van der Waals surface area contributed by atoms with E-state index in [1.54, 1.807) is 13.8 Å². The Kier molecular flexibility index (Phi) is 13.6. The Morgan fingerprint density at radius 1 is 0.697 bits per heavy atom. The van der Waals surface area contributed by atoms with Crippen LogP contribution in [0.25, 0.3) is 0 Å². The van der Waals surface area contributed by atoms with Crippen LogP contribution >= 0.6 is 0 Å². The number of carbonyl (C=O) groups is 1. The van der Waals surface area contributed by atoms with Crippen LogP contribution in [0.4, 0.5) is 0 Å². The molecule has 8 rings (SSSR count). The van der Waals surface area contributed by atoms with Gasteiger partial charge in [0.2, 0.25) is 6.29 Å². The van der Waals surface area contributed by atoms with Gasteiger partial charge in [-0.2, -0.15) is 0 Å². The first kappa shape index (κ1) is 50.9. The molecule has 66 heavy (non-hydrogen) atoms. The van der Waals surface area contributed by atoms with Gasteiger partial charge in [-0.3, -0.25) is 4.79 Å². The lowest BCUT2D eigenvalue weighted by molar-refractivity contribution is -0.357. The molecule has 0 aromatic rings. The maximum Gasteiger partial charge on any atom is 0.315 e. The molecule has 0 bridgehead atoms. The van der Waals surface area contributed by atoms with Crippen LogP contribution in [-0.2, 0) is 33.2 Å². The number of aliphatic hydroxyl groups excluding tert-OH is 11.